The number of amides is 3. The number of nitrogens with zero attached hydrogens (tertiary/aromatic N) is 3. The Labute approximate surface area is 142 Å². The predicted octanol–water partition coefficient (Wildman–Crippen LogP) is 1.21. The molecule has 1 fully saturated rings. The summed E-state index contributed by atoms with van der Waals surface area (Å²) < 4.78 is 5.12. The maximum absolute atomic E-state index is 12.4. The predicted molar refractivity (Wildman–Crippen MR) is 88.3 cm³/mol. The van der Waals surface area contributed by atoms with Crippen LogP contribution in [0.3, 0.4) is 0 Å². The van der Waals surface area contributed by atoms with Gasteiger partial charge in [-0.3, -0.25) is 14.4 Å². The van der Waals surface area contributed by atoms with Crippen molar-refractivity contribution in [2.75, 3.05) is 32.7 Å². The van der Waals surface area contributed by atoms with Gasteiger partial charge in [-0.1, -0.05) is 6.92 Å². The van der Waals surface area contributed by atoms with E-state index in [1.54, 1.807) is 26.8 Å². The normalized spacial score (nSPS) is 16.0. The molecule has 7 heteroatoms. The number of hydrogen-bond donors (Lipinski definition) is 0. The summed E-state index contributed by atoms with van der Waals surface area (Å²) in [6.45, 7) is 7.38. The monoisotopic (exact) mass is 335 g/mol. The van der Waals surface area contributed by atoms with Gasteiger partial charge in [0.1, 0.15) is 0 Å². The zero-order chi connectivity index (χ0) is 17.7. The first-order valence-corrected chi connectivity index (χ1v) is 8.31. The zero-order valence-corrected chi connectivity index (χ0v) is 14.5. The summed E-state index contributed by atoms with van der Waals surface area (Å²) in [6.07, 6.45) is 2.27. The molecule has 1 aliphatic heterocycles. The van der Waals surface area contributed by atoms with Crippen LogP contribution < -0.4 is 0 Å². The van der Waals surface area contributed by atoms with Gasteiger partial charge in [-0.15, -0.1) is 0 Å². The van der Waals surface area contributed by atoms with E-state index in [0.29, 0.717) is 31.9 Å². The van der Waals surface area contributed by atoms with Crippen LogP contribution >= 0.6 is 0 Å². The van der Waals surface area contributed by atoms with Crippen LogP contribution in [-0.4, -0.2) is 71.2 Å². The van der Waals surface area contributed by atoms with Gasteiger partial charge in [0.15, 0.2) is 5.76 Å². The first-order chi connectivity index (χ1) is 11.4. The molecular formula is C17H25N3O4. The van der Waals surface area contributed by atoms with E-state index in [2.05, 4.69) is 0 Å². The van der Waals surface area contributed by atoms with Gasteiger partial charge in [-0.05, 0) is 25.5 Å². The molecule has 2 heterocycles. The lowest BCUT2D eigenvalue weighted by atomic mass is 10.2. The highest BCUT2D eigenvalue weighted by Crippen LogP contribution is 2.11. The fourth-order valence-corrected chi connectivity index (χ4v) is 2.76. The third-order valence-electron chi connectivity index (χ3n) is 4.48. The minimum atomic E-state index is -0.155. The van der Waals surface area contributed by atoms with E-state index >= 15 is 0 Å². The molecular weight excluding hydrogens is 310 g/mol. The number of carbonyl (C=O) groups is 3. The highest BCUT2D eigenvalue weighted by atomic mass is 16.3. The van der Waals surface area contributed by atoms with Gasteiger partial charge in [-0.25, -0.2) is 0 Å². The van der Waals surface area contributed by atoms with Crippen LogP contribution in [0.2, 0.25) is 0 Å². The SMILES string of the molecule is CCC(C)N(CC(=O)N1CCN(C(=O)c2ccco2)CC1)C(C)=O. The van der Waals surface area contributed by atoms with E-state index < -0.39 is 0 Å². The molecule has 0 bridgehead atoms. The standard InChI is InChI=1S/C17H25N3O4/c1-4-13(2)20(14(3)21)12-16(22)18-7-9-19(10-8-18)17(23)15-6-5-11-24-15/h5-6,11,13H,4,7-10,12H2,1-3H3. The molecule has 2 rings (SSSR count). The Bertz CT molecular complexity index is 577. The van der Waals surface area contributed by atoms with Crippen LogP contribution in [0.15, 0.2) is 22.8 Å². The highest BCUT2D eigenvalue weighted by Gasteiger charge is 2.28. The second-order valence-corrected chi connectivity index (χ2v) is 6.05. The van der Waals surface area contributed by atoms with Gasteiger partial charge in [0.05, 0.1) is 12.8 Å². The second-order valence-electron chi connectivity index (χ2n) is 6.05. The summed E-state index contributed by atoms with van der Waals surface area (Å²) in [5.41, 5.74) is 0. The smallest absolute Gasteiger partial charge is 0.289 e. The molecule has 1 unspecified atom stereocenters. The Balaban J connectivity index is 1.88. The van der Waals surface area contributed by atoms with E-state index in [0.717, 1.165) is 6.42 Å². The summed E-state index contributed by atoms with van der Waals surface area (Å²) in [7, 11) is 0. The minimum absolute atomic E-state index is 0.0354. The van der Waals surface area contributed by atoms with Crippen molar-refractivity contribution in [3.8, 4) is 0 Å². The first-order valence-electron chi connectivity index (χ1n) is 8.31. The number of hydrogen-bond acceptors (Lipinski definition) is 4. The summed E-state index contributed by atoms with van der Waals surface area (Å²) in [6, 6.07) is 3.35. The molecule has 0 spiro atoms. The van der Waals surface area contributed by atoms with Crippen molar-refractivity contribution in [1.82, 2.24) is 14.7 Å². The lowest BCUT2D eigenvalue weighted by Gasteiger charge is -2.36. The summed E-state index contributed by atoms with van der Waals surface area (Å²) >= 11 is 0. The Hall–Kier alpha value is -2.31. The molecule has 0 aromatic carbocycles. The van der Waals surface area contributed by atoms with E-state index in [1.807, 2.05) is 13.8 Å². The number of rotatable bonds is 5. The van der Waals surface area contributed by atoms with Gasteiger partial charge < -0.3 is 19.1 Å². The van der Waals surface area contributed by atoms with Crippen molar-refractivity contribution in [2.45, 2.75) is 33.2 Å². The van der Waals surface area contributed by atoms with Crippen molar-refractivity contribution in [2.24, 2.45) is 0 Å². The average molecular weight is 335 g/mol. The molecule has 0 radical (unpaired) electrons. The third-order valence-corrected chi connectivity index (χ3v) is 4.48. The third kappa shape index (κ3) is 4.15. The Morgan fingerprint density at radius 3 is 2.33 bits per heavy atom. The molecule has 1 aliphatic rings. The van der Waals surface area contributed by atoms with Gasteiger partial charge >= 0.3 is 0 Å². The van der Waals surface area contributed by atoms with E-state index in [4.69, 9.17) is 4.42 Å². The quantitative estimate of drug-likeness (QED) is 0.811. The van der Waals surface area contributed by atoms with Crippen LogP contribution in [0.5, 0.6) is 0 Å². The summed E-state index contributed by atoms with van der Waals surface area (Å²) in [4.78, 5) is 41.4. The molecule has 7 nitrogen and oxygen atoms in total. The number of piperazine rings is 1. The largest absolute Gasteiger partial charge is 0.459 e. The van der Waals surface area contributed by atoms with Crippen LogP contribution in [0.25, 0.3) is 0 Å². The van der Waals surface area contributed by atoms with Crippen molar-refractivity contribution in [3.63, 3.8) is 0 Å². The van der Waals surface area contributed by atoms with Crippen LogP contribution in [-0.2, 0) is 9.59 Å². The molecule has 3 amide bonds. The Morgan fingerprint density at radius 1 is 1.21 bits per heavy atom. The fourth-order valence-electron chi connectivity index (χ4n) is 2.76. The van der Waals surface area contributed by atoms with Crippen LogP contribution in [0.1, 0.15) is 37.7 Å². The fraction of sp³-hybridized carbons (Fsp3) is 0.588. The van der Waals surface area contributed by atoms with Gasteiger partial charge in [0, 0.05) is 39.1 Å². The highest BCUT2D eigenvalue weighted by molar-refractivity contribution is 5.91. The number of carbonyl (C=O) groups excluding carboxylic acids is 3. The molecule has 0 aliphatic carbocycles. The number of furan rings is 1. The molecule has 0 N–H and O–H groups in total. The molecule has 1 atom stereocenters. The Morgan fingerprint density at radius 2 is 1.83 bits per heavy atom. The minimum Gasteiger partial charge on any atom is -0.459 e. The van der Waals surface area contributed by atoms with Crippen molar-refractivity contribution in [1.29, 1.82) is 0 Å². The van der Waals surface area contributed by atoms with Crippen molar-refractivity contribution in [3.05, 3.63) is 24.2 Å². The first kappa shape index (κ1) is 18.0. The van der Waals surface area contributed by atoms with E-state index in [9.17, 15) is 14.4 Å². The Kier molecular flexibility index (Phi) is 6.00. The maximum atomic E-state index is 12.4. The molecule has 1 aromatic heterocycles. The maximum Gasteiger partial charge on any atom is 0.289 e. The molecule has 1 aromatic rings. The van der Waals surface area contributed by atoms with Crippen LogP contribution in [0, 0.1) is 0 Å². The molecule has 0 saturated carbocycles. The van der Waals surface area contributed by atoms with Crippen molar-refractivity contribution < 1.29 is 18.8 Å². The molecule has 1 saturated heterocycles. The lowest BCUT2D eigenvalue weighted by molar-refractivity contribution is -0.141. The second kappa shape index (κ2) is 7.99. The van der Waals surface area contributed by atoms with Crippen molar-refractivity contribution >= 4 is 17.7 Å². The van der Waals surface area contributed by atoms with Gasteiger partial charge in [-0.2, -0.15) is 0 Å². The van der Waals surface area contributed by atoms with Crippen LogP contribution in [0.4, 0.5) is 0 Å². The average Bonchev–Trinajstić information content (AvgIpc) is 3.12. The van der Waals surface area contributed by atoms with Gasteiger partial charge in [0.2, 0.25) is 11.8 Å². The molecule has 132 valence electrons. The topological polar surface area (TPSA) is 74.1 Å². The summed E-state index contributed by atoms with van der Waals surface area (Å²) in [5, 5.41) is 0. The van der Waals surface area contributed by atoms with Gasteiger partial charge in [0.25, 0.3) is 5.91 Å². The zero-order valence-electron chi connectivity index (χ0n) is 14.5. The van der Waals surface area contributed by atoms with E-state index in [-0.39, 0.29) is 30.3 Å². The lowest BCUT2D eigenvalue weighted by Crippen LogP contribution is -2.53. The molecule has 24 heavy (non-hydrogen) atoms. The summed E-state index contributed by atoms with van der Waals surface area (Å²) in [5.74, 6) is -0.00806. The van der Waals surface area contributed by atoms with E-state index in [1.165, 1.54) is 13.2 Å².